The van der Waals surface area contributed by atoms with Gasteiger partial charge in [0, 0.05) is 15.6 Å². The first-order chi connectivity index (χ1) is 15.7. The maximum atomic E-state index is 13.4. The Balaban J connectivity index is 1.48. The van der Waals surface area contributed by atoms with Crippen LogP contribution in [0.3, 0.4) is 0 Å². The minimum absolute atomic E-state index is 0.0331. The Morgan fingerprint density at radius 2 is 1.47 bits per heavy atom. The molecule has 0 saturated carbocycles. The van der Waals surface area contributed by atoms with E-state index in [0.29, 0.717) is 17.9 Å². The molecule has 4 aromatic rings. The van der Waals surface area contributed by atoms with Crippen LogP contribution >= 0.6 is 15.9 Å². The van der Waals surface area contributed by atoms with Gasteiger partial charge in [0.15, 0.2) is 0 Å². The summed E-state index contributed by atoms with van der Waals surface area (Å²) in [7, 11) is 0. The van der Waals surface area contributed by atoms with Crippen LogP contribution in [0.5, 0.6) is 0 Å². The Morgan fingerprint density at radius 3 is 2.19 bits per heavy atom. The minimum atomic E-state index is -0.0331. The molecule has 0 spiro atoms. The molecule has 1 amide bonds. The van der Waals surface area contributed by atoms with E-state index in [-0.39, 0.29) is 5.91 Å². The molecular weight excluding hydrogens is 462 g/mol. The summed E-state index contributed by atoms with van der Waals surface area (Å²) >= 11 is 3.45. The maximum Gasteiger partial charge on any atom is 0.258 e. The average Bonchev–Trinajstić information content (AvgIpc) is 3.41. The number of benzene rings is 3. The fraction of sp³-hybridized carbons (Fsp3) is 0.0357. The van der Waals surface area contributed by atoms with Gasteiger partial charge in [-0.1, -0.05) is 88.7 Å². The van der Waals surface area contributed by atoms with Gasteiger partial charge in [-0.05, 0) is 47.5 Å². The Labute approximate surface area is 195 Å². The van der Waals surface area contributed by atoms with Crippen LogP contribution in [0.2, 0.25) is 0 Å². The van der Waals surface area contributed by atoms with Crippen LogP contribution < -0.4 is 0 Å². The molecule has 1 aliphatic heterocycles. The van der Waals surface area contributed by atoms with Gasteiger partial charge in [-0.3, -0.25) is 4.79 Å². The first kappa shape index (κ1) is 20.3. The van der Waals surface area contributed by atoms with Crippen LogP contribution in [-0.4, -0.2) is 10.8 Å². The molecular formula is C28H20BrNO2. The van der Waals surface area contributed by atoms with Gasteiger partial charge < -0.3 is 9.32 Å². The SMILES string of the molecule is O=C1C(=Cc2ccc(-c3ccc(Br)cc3)o2)C=C(c2ccccc2)N1Cc1ccccc1. The topological polar surface area (TPSA) is 33.5 Å². The predicted octanol–water partition coefficient (Wildman–Crippen LogP) is 7.18. The number of halogens is 1. The average molecular weight is 482 g/mol. The highest BCUT2D eigenvalue weighted by Gasteiger charge is 2.29. The largest absolute Gasteiger partial charge is 0.457 e. The summed E-state index contributed by atoms with van der Waals surface area (Å²) < 4.78 is 7.04. The van der Waals surface area contributed by atoms with Crippen molar-refractivity contribution in [1.29, 1.82) is 0 Å². The number of carbonyl (C=O) groups is 1. The van der Waals surface area contributed by atoms with Crippen molar-refractivity contribution < 1.29 is 9.21 Å². The van der Waals surface area contributed by atoms with E-state index in [1.165, 1.54) is 0 Å². The van der Waals surface area contributed by atoms with Crippen LogP contribution in [0.1, 0.15) is 16.9 Å². The first-order valence-corrected chi connectivity index (χ1v) is 11.2. The zero-order chi connectivity index (χ0) is 21.9. The van der Waals surface area contributed by atoms with Gasteiger partial charge in [-0.25, -0.2) is 0 Å². The van der Waals surface area contributed by atoms with Crippen molar-refractivity contribution >= 4 is 33.6 Å². The van der Waals surface area contributed by atoms with Crippen molar-refractivity contribution in [3.05, 3.63) is 130 Å². The Hall–Kier alpha value is -3.63. The zero-order valence-electron chi connectivity index (χ0n) is 17.2. The van der Waals surface area contributed by atoms with Gasteiger partial charge >= 0.3 is 0 Å². The molecule has 4 heteroatoms. The smallest absolute Gasteiger partial charge is 0.258 e. The molecule has 2 heterocycles. The number of rotatable bonds is 5. The summed E-state index contributed by atoms with van der Waals surface area (Å²) in [6, 6.07) is 31.8. The second-order valence-electron chi connectivity index (χ2n) is 7.58. The molecule has 32 heavy (non-hydrogen) atoms. The highest BCUT2D eigenvalue weighted by molar-refractivity contribution is 9.10. The van der Waals surface area contributed by atoms with E-state index >= 15 is 0 Å². The molecule has 0 saturated heterocycles. The molecule has 0 N–H and O–H groups in total. The summed E-state index contributed by atoms with van der Waals surface area (Å²) in [5, 5.41) is 0. The van der Waals surface area contributed by atoms with Gasteiger partial charge in [0.2, 0.25) is 0 Å². The lowest BCUT2D eigenvalue weighted by atomic mass is 10.1. The lowest BCUT2D eigenvalue weighted by Gasteiger charge is -2.20. The molecule has 0 unspecified atom stereocenters. The molecule has 1 aromatic heterocycles. The van der Waals surface area contributed by atoms with Crippen molar-refractivity contribution in [3.8, 4) is 11.3 Å². The molecule has 3 nitrogen and oxygen atoms in total. The molecule has 156 valence electrons. The number of hydrogen-bond donors (Lipinski definition) is 0. The van der Waals surface area contributed by atoms with Crippen molar-refractivity contribution in [1.82, 2.24) is 4.90 Å². The number of hydrogen-bond acceptors (Lipinski definition) is 2. The molecule has 0 bridgehead atoms. The van der Waals surface area contributed by atoms with Crippen LogP contribution in [-0.2, 0) is 11.3 Å². The van der Waals surface area contributed by atoms with Crippen LogP contribution in [0, 0.1) is 0 Å². The fourth-order valence-electron chi connectivity index (χ4n) is 3.78. The number of nitrogens with zero attached hydrogens (tertiary/aromatic N) is 1. The highest BCUT2D eigenvalue weighted by Crippen LogP contribution is 2.33. The van der Waals surface area contributed by atoms with Crippen molar-refractivity contribution in [2.24, 2.45) is 0 Å². The molecule has 5 rings (SSSR count). The number of amides is 1. The van der Waals surface area contributed by atoms with Gasteiger partial charge in [0.1, 0.15) is 11.5 Å². The lowest BCUT2D eigenvalue weighted by molar-refractivity contribution is -0.123. The van der Waals surface area contributed by atoms with Gasteiger partial charge in [-0.15, -0.1) is 0 Å². The third kappa shape index (κ3) is 4.23. The molecule has 0 atom stereocenters. The van der Waals surface area contributed by atoms with Crippen molar-refractivity contribution in [2.75, 3.05) is 0 Å². The quantitative estimate of drug-likeness (QED) is 0.283. The van der Waals surface area contributed by atoms with E-state index in [2.05, 4.69) is 15.9 Å². The normalized spacial score (nSPS) is 14.8. The van der Waals surface area contributed by atoms with E-state index in [1.54, 1.807) is 0 Å². The summed E-state index contributed by atoms with van der Waals surface area (Å²) in [5.74, 6) is 1.38. The predicted molar refractivity (Wildman–Crippen MR) is 131 cm³/mol. The van der Waals surface area contributed by atoms with Crippen LogP contribution in [0.4, 0.5) is 0 Å². The Kier molecular flexibility index (Phi) is 5.61. The zero-order valence-corrected chi connectivity index (χ0v) is 18.8. The second kappa shape index (κ2) is 8.85. The third-order valence-corrected chi connectivity index (χ3v) is 5.91. The Morgan fingerprint density at radius 1 is 0.781 bits per heavy atom. The lowest BCUT2D eigenvalue weighted by Crippen LogP contribution is -2.25. The monoisotopic (exact) mass is 481 g/mol. The summed E-state index contributed by atoms with van der Waals surface area (Å²) in [6.45, 7) is 0.514. The minimum Gasteiger partial charge on any atom is -0.457 e. The Bertz CT molecular complexity index is 1300. The molecule has 1 aliphatic rings. The third-order valence-electron chi connectivity index (χ3n) is 5.38. The van der Waals surface area contributed by atoms with Gasteiger partial charge in [-0.2, -0.15) is 0 Å². The fourth-order valence-corrected chi connectivity index (χ4v) is 4.04. The van der Waals surface area contributed by atoms with Gasteiger partial charge in [0.25, 0.3) is 5.91 Å². The van der Waals surface area contributed by atoms with Gasteiger partial charge in [0.05, 0.1) is 12.2 Å². The van der Waals surface area contributed by atoms with E-state index in [1.807, 2.05) is 114 Å². The maximum absolute atomic E-state index is 13.4. The van der Waals surface area contributed by atoms with E-state index < -0.39 is 0 Å². The molecule has 3 aromatic carbocycles. The number of furan rings is 1. The molecule has 0 radical (unpaired) electrons. The van der Waals surface area contributed by atoms with Crippen LogP contribution in [0.15, 0.2) is 118 Å². The van der Waals surface area contributed by atoms with Crippen molar-refractivity contribution in [2.45, 2.75) is 6.54 Å². The molecule has 0 aliphatic carbocycles. The van der Waals surface area contributed by atoms with Crippen LogP contribution in [0.25, 0.3) is 23.1 Å². The van der Waals surface area contributed by atoms with E-state index in [0.717, 1.165) is 32.6 Å². The summed E-state index contributed by atoms with van der Waals surface area (Å²) in [5.41, 5.74) is 4.58. The summed E-state index contributed by atoms with van der Waals surface area (Å²) in [4.78, 5) is 15.2. The first-order valence-electron chi connectivity index (χ1n) is 10.4. The molecule has 0 fully saturated rings. The standard InChI is InChI=1S/C28H20BrNO2/c29-24-13-11-22(12-14-24)27-16-15-25(32-27)17-23-18-26(21-9-5-2-6-10-21)30(28(23)31)19-20-7-3-1-4-8-20/h1-18H,19H2. The van der Waals surface area contributed by atoms with E-state index in [9.17, 15) is 4.79 Å². The second-order valence-corrected chi connectivity index (χ2v) is 8.50. The van der Waals surface area contributed by atoms with E-state index in [4.69, 9.17) is 4.42 Å². The highest BCUT2D eigenvalue weighted by atomic mass is 79.9. The summed E-state index contributed by atoms with van der Waals surface area (Å²) in [6.07, 6.45) is 3.76. The number of carbonyl (C=O) groups excluding carboxylic acids is 1. The van der Waals surface area contributed by atoms with Crippen molar-refractivity contribution in [3.63, 3.8) is 0 Å².